The Labute approximate surface area is 138 Å². The normalized spacial score (nSPS) is 10.8. The van der Waals surface area contributed by atoms with E-state index < -0.39 is 5.97 Å². The average Bonchev–Trinajstić information content (AvgIpc) is 2.53. The van der Waals surface area contributed by atoms with Crippen LogP contribution < -0.4 is 5.56 Å². The number of pyridine rings is 1. The van der Waals surface area contributed by atoms with Gasteiger partial charge in [-0.2, -0.15) is 0 Å². The van der Waals surface area contributed by atoms with E-state index in [0.717, 1.165) is 11.1 Å². The Balaban J connectivity index is 1.81. The fourth-order valence-electron chi connectivity index (χ4n) is 2.36. The predicted molar refractivity (Wildman–Crippen MR) is 88.2 cm³/mol. The van der Waals surface area contributed by atoms with Crippen molar-refractivity contribution in [2.24, 2.45) is 0 Å². The van der Waals surface area contributed by atoms with Crippen LogP contribution in [-0.4, -0.2) is 20.5 Å². The third-order valence-electron chi connectivity index (χ3n) is 3.58. The summed E-state index contributed by atoms with van der Waals surface area (Å²) in [7, 11) is 0. The standard InChI is InChI=1S/C18H16N2O4/c1-11-3-5-14(15(21)7-11)18(23)24-10-13-8-17(22)20-9-12(2)4-6-16(20)19-13/h3-9,21H,10H2,1-2H3. The Morgan fingerprint density at radius 2 is 1.92 bits per heavy atom. The maximum Gasteiger partial charge on any atom is 0.342 e. The summed E-state index contributed by atoms with van der Waals surface area (Å²) in [6.45, 7) is 3.55. The van der Waals surface area contributed by atoms with Crippen molar-refractivity contribution in [3.8, 4) is 5.75 Å². The molecule has 2 aromatic heterocycles. The number of aromatic hydroxyl groups is 1. The van der Waals surface area contributed by atoms with Crippen molar-refractivity contribution in [3.63, 3.8) is 0 Å². The summed E-state index contributed by atoms with van der Waals surface area (Å²) >= 11 is 0. The molecule has 6 heteroatoms. The Bertz CT molecular complexity index is 992. The predicted octanol–water partition coefficient (Wildman–Crippen LogP) is 2.37. The van der Waals surface area contributed by atoms with Gasteiger partial charge < -0.3 is 9.84 Å². The van der Waals surface area contributed by atoms with E-state index in [0.29, 0.717) is 11.3 Å². The number of phenolic OH excluding ortho intramolecular Hbond substituents is 1. The van der Waals surface area contributed by atoms with Crippen LogP contribution in [0.5, 0.6) is 5.75 Å². The van der Waals surface area contributed by atoms with E-state index in [2.05, 4.69) is 4.98 Å². The molecule has 0 spiro atoms. The lowest BCUT2D eigenvalue weighted by Gasteiger charge is -2.08. The van der Waals surface area contributed by atoms with Gasteiger partial charge in [0.2, 0.25) is 0 Å². The van der Waals surface area contributed by atoms with Crippen LogP contribution in [0, 0.1) is 13.8 Å². The zero-order valence-electron chi connectivity index (χ0n) is 13.3. The largest absolute Gasteiger partial charge is 0.507 e. The van der Waals surface area contributed by atoms with Gasteiger partial charge in [-0.25, -0.2) is 9.78 Å². The maximum atomic E-state index is 12.1. The molecule has 0 aliphatic carbocycles. The number of ether oxygens (including phenoxy) is 1. The molecule has 3 aromatic rings. The van der Waals surface area contributed by atoms with Crippen molar-refractivity contribution in [1.29, 1.82) is 0 Å². The molecule has 0 aliphatic rings. The zero-order valence-corrected chi connectivity index (χ0v) is 13.3. The lowest BCUT2D eigenvalue weighted by Crippen LogP contribution is -2.17. The molecule has 1 aromatic carbocycles. The summed E-state index contributed by atoms with van der Waals surface area (Å²) in [6, 6.07) is 9.60. The SMILES string of the molecule is Cc1ccc(C(=O)OCc2cc(=O)n3cc(C)ccc3n2)c(O)c1. The monoisotopic (exact) mass is 324 g/mol. The summed E-state index contributed by atoms with van der Waals surface area (Å²) in [5, 5.41) is 9.80. The fourth-order valence-corrected chi connectivity index (χ4v) is 2.36. The maximum absolute atomic E-state index is 12.1. The van der Waals surface area contributed by atoms with Crippen LogP contribution >= 0.6 is 0 Å². The van der Waals surface area contributed by atoms with Gasteiger partial charge in [0, 0.05) is 12.3 Å². The minimum absolute atomic E-state index is 0.0775. The first-order chi connectivity index (χ1) is 11.4. The summed E-state index contributed by atoms with van der Waals surface area (Å²) in [6.07, 6.45) is 1.70. The highest BCUT2D eigenvalue weighted by Crippen LogP contribution is 2.19. The first-order valence-electron chi connectivity index (χ1n) is 7.40. The van der Waals surface area contributed by atoms with Crippen LogP contribution in [0.15, 0.2) is 47.4 Å². The third kappa shape index (κ3) is 3.12. The molecule has 1 N–H and O–H groups in total. The van der Waals surface area contributed by atoms with Crippen LogP contribution in [0.1, 0.15) is 27.2 Å². The summed E-state index contributed by atoms with van der Waals surface area (Å²) < 4.78 is 6.59. The number of carbonyl (C=O) groups is 1. The second-order valence-electron chi connectivity index (χ2n) is 5.62. The molecule has 0 aliphatic heterocycles. The summed E-state index contributed by atoms with van der Waals surface area (Å²) in [5.74, 6) is -0.805. The van der Waals surface area contributed by atoms with E-state index in [1.165, 1.54) is 22.6 Å². The van der Waals surface area contributed by atoms with Crippen molar-refractivity contribution in [2.75, 3.05) is 0 Å². The molecule has 24 heavy (non-hydrogen) atoms. The lowest BCUT2D eigenvalue weighted by molar-refractivity contribution is 0.0464. The molecular formula is C18H16N2O4. The van der Waals surface area contributed by atoms with Gasteiger partial charge >= 0.3 is 5.97 Å². The minimum Gasteiger partial charge on any atom is -0.507 e. The number of phenols is 1. The smallest absolute Gasteiger partial charge is 0.342 e. The second kappa shape index (κ2) is 6.16. The highest BCUT2D eigenvalue weighted by molar-refractivity contribution is 5.92. The second-order valence-corrected chi connectivity index (χ2v) is 5.62. The van der Waals surface area contributed by atoms with E-state index >= 15 is 0 Å². The molecule has 0 radical (unpaired) electrons. The third-order valence-corrected chi connectivity index (χ3v) is 3.58. The van der Waals surface area contributed by atoms with Crippen molar-refractivity contribution in [2.45, 2.75) is 20.5 Å². The topological polar surface area (TPSA) is 80.9 Å². The highest BCUT2D eigenvalue weighted by Gasteiger charge is 2.13. The highest BCUT2D eigenvalue weighted by atomic mass is 16.5. The molecule has 3 rings (SSSR count). The van der Waals surface area contributed by atoms with Crippen molar-refractivity contribution in [3.05, 3.63) is 75.3 Å². The minimum atomic E-state index is -0.668. The quantitative estimate of drug-likeness (QED) is 0.748. The number of hydrogen-bond acceptors (Lipinski definition) is 5. The van der Waals surface area contributed by atoms with Gasteiger partial charge in [-0.05, 0) is 43.2 Å². The molecule has 0 saturated heterocycles. The van der Waals surface area contributed by atoms with Gasteiger partial charge in [0.25, 0.3) is 5.56 Å². The van der Waals surface area contributed by atoms with Crippen molar-refractivity contribution in [1.82, 2.24) is 9.38 Å². The van der Waals surface area contributed by atoms with E-state index in [4.69, 9.17) is 4.74 Å². The number of nitrogens with zero attached hydrogens (tertiary/aromatic N) is 2. The number of esters is 1. The fraction of sp³-hybridized carbons (Fsp3) is 0.167. The molecule has 0 fully saturated rings. The Hall–Kier alpha value is -3.15. The van der Waals surface area contributed by atoms with E-state index in [1.54, 1.807) is 18.3 Å². The van der Waals surface area contributed by atoms with Crippen molar-refractivity contribution < 1.29 is 14.6 Å². The van der Waals surface area contributed by atoms with Crippen LogP contribution in [0.25, 0.3) is 5.65 Å². The van der Waals surface area contributed by atoms with Gasteiger partial charge in [0.1, 0.15) is 23.6 Å². The van der Waals surface area contributed by atoms with E-state index in [9.17, 15) is 14.7 Å². The molecular weight excluding hydrogens is 308 g/mol. The Morgan fingerprint density at radius 3 is 2.67 bits per heavy atom. The molecule has 0 amide bonds. The molecule has 0 saturated carbocycles. The molecule has 0 atom stereocenters. The van der Waals surface area contributed by atoms with Crippen molar-refractivity contribution >= 4 is 11.6 Å². The van der Waals surface area contributed by atoms with Gasteiger partial charge in [-0.1, -0.05) is 12.1 Å². The Kier molecular flexibility index (Phi) is 4.04. The number of hydrogen-bond donors (Lipinski definition) is 1. The number of fused-ring (bicyclic) bond motifs is 1. The van der Waals surface area contributed by atoms with Gasteiger partial charge in [0.15, 0.2) is 0 Å². The molecule has 0 unspecified atom stereocenters. The zero-order chi connectivity index (χ0) is 17.3. The average molecular weight is 324 g/mol. The number of benzene rings is 1. The molecule has 2 heterocycles. The first kappa shape index (κ1) is 15.7. The number of aryl methyl sites for hydroxylation is 2. The van der Waals surface area contributed by atoms with Gasteiger partial charge in [0.05, 0.1) is 5.69 Å². The molecule has 0 bridgehead atoms. The van der Waals surface area contributed by atoms with Crippen LogP contribution in [-0.2, 0) is 11.3 Å². The van der Waals surface area contributed by atoms with E-state index in [1.807, 2.05) is 19.9 Å². The van der Waals surface area contributed by atoms with Crippen LogP contribution in [0.2, 0.25) is 0 Å². The summed E-state index contributed by atoms with van der Waals surface area (Å²) in [5.41, 5.74) is 2.45. The van der Waals surface area contributed by atoms with Crippen LogP contribution in [0.3, 0.4) is 0 Å². The lowest BCUT2D eigenvalue weighted by atomic mass is 10.1. The van der Waals surface area contributed by atoms with Gasteiger partial charge in [-0.15, -0.1) is 0 Å². The number of aromatic nitrogens is 2. The summed E-state index contributed by atoms with van der Waals surface area (Å²) in [4.78, 5) is 28.5. The number of carbonyl (C=O) groups excluding carboxylic acids is 1. The number of rotatable bonds is 3. The molecule has 122 valence electrons. The van der Waals surface area contributed by atoms with Crippen LogP contribution in [0.4, 0.5) is 0 Å². The molecule has 6 nitrogen and oxygen atoms in total. The van der Waals surface area contributed by atoms with Gasteiger partial charge in [-0.3, -0.25) is 9.20 Å². The Morgan fingerprint density at radius 1 is 1.17 bits per heavy atom. The van der Waals surface area contributed by atoms with E-state index in [-0.39, 0.29) is 23.5 Å². The first-order valence-corrected chi connectivity index (χ1v) is 7.40.